The van der Waals surface area contributed by atoms with Crippen LogP contribution in [0.4, 0.5) is 0 Å². The molecule has 0 aliphatic rings. The number of aliphatic hydroxyl groups excluding tert-OH is 1. The Morgan fingerprint density at radius 2 is 2.22 bits per heavy atom. The lowest BCUT2D eigenvalue weighted by Gasteiger charge is -2.06. The van der Waals surface area contributed by atoms with E-state index >= 15 is 0 Å². The number of aryl methyl sites for hydroxylation is 2. The molecule has 0 aliphatic carbocycles. The molecule has 6 heteroatoms. The third-order valence-corrected chi connectivity index (χ3v) is 2.99. The standard InChI is InChI=1S/C12H18N4O2/c1-9(17)5-3-4-6-16-8-13-11-10(12(16)18)7-14-15(11)2/h7-9,17H,3-6H2,1-2H3. The second-order valence-electron chi connectivity index (χ2n) is 4.59. The van der Waals surface area contributed by atoms with Gasteiger partial charge in [0, 0.05) is 13.6 Å². The van der Waals surface area contributed by atoms with Crippen LogP contribution in [0, 0.1) is 0 Å². The first-order valence-electron chi connectivity index (χ1n) is 6.15. The molecule has 6 nitrogen and oxygen atoms in total. The molecule has 2 rings (SSSR count). The molecule has 0 saturated carbocycles. The number of aromatic nitrogens is 4. The van der Waals surface area contributed by atoms with Gasteiger partial charge < -0.3 is 5.11 Å². The van der Waals surface area contributed by atoms with Crippen LogP contribution in [0.2, 0.25) is 0 Å². The van der Waals surface area contributed by atoms with E-state index in [4.69, 9.17) is 5.11 Å². The van der Waals surface area contributed by atoms with Crippen molar-refractivity contribution in [3.8, 4) is 0 Å². The van der Waals surface area contributed by atoms with Gasteiger partial charge in [-0.1, -0.05) is 0 Å². The summed E-state index contributed by atoms with van der Waals surface area (Å²) in [7, 11) is 1.77. The molecule has 0 spiro atoms. The first kappa shape index (κ1) is 12.8. The zero-order valence-electron chi connectivity index (χ0n) is 10.7. The Morgan fingerprint density at radius 3 is 2.94 bits per heavy atom. The second kappa shape index (κ2) is 5.30. The fourth-order valence-corrected chi connectivity index (χ4v) is 1.95. The van der Waals surface area contributed by atoms with Gasteiger partial charge in [0.25, 0.3) is 5.56 Å². The minimum absolute atomic E-state index is 0.0508. The first-order valence-corrected chi connectivity index (χ1v) is 6.15. The Labute approximate surface area is 105 Å². The van der Waals surface area contributed by atoms with E-state index in [0.29, 0.717) is 17.6 Å². The van der Waals surface area contributed by atoms with Gasteiger partial charge in [-0.15, -0.1) is 0 Å². The molecule has 2 aromatic rings. The molecular formula is C12H18N4O2. The number of rotatable bonds is 5. The van der Waals surface area contributed by atoms with Gasteiger partial charge >= 0.3 is 0 Å². The number of nitrogens with zero attached hydrogens (tertiary/aromatic N) is 4. The maximum absolute atomic E-state index is 12.1. The normalized spacial score (nSPS) is 13.1. The Bertz CT molecular complexity index is 585. The molecule has 98 valence electrons. The predicted octanol–water partition coefficient (Wildman–Crippen LogP) is 0.681. The number of hydrogen-bond donors (Lipinski definition) is 1. The van der Waals surface area contributed by atoms with Gasteiger partial charge in [-0.2, -0.15) is 5.10 Å². The van der Waals surface area contributed by atoms with E-state index in [-0.39, 0.29) is 11.7 Å². The molecule has 0 bridgehead atoms. The van der Waals surface area contributed by atoms with Crippen LogP contribution in [0.1, 0.15) is 26.2 Å². The summed E-state index contributed by atoms with van der Waals surface area (Å²) in [5.74, 6) is 0. The molecule has 2 heterocycles. The van der Waals surface area contributed by atoms with Gasteiger partial charge in [0.2, 0.25) is 0 Å². The summed E-state index contributed by atoms with van der Waals surface area (Å²) in [5, 5.41) is 13.7. The molecule has 1 atom stereocenters. The van der Waals surface area contributed by atoms with Crippen molar-refractivity contribution in [2.45, 2.75) is 38.8 Å². The molecule has 0 aliphatic heterocycles. The fourth-order valence-electron chi connectivity index (χ4n) is 1.95. The Kier molecular flexibility index (Phi) is 3.76. The minimum atomic E-state index is -0.277. The zero-order chi connectivity index (χ0) is 13.1. The van der Waals surface area contributed by atoms with E-state index in [0.717, 1.165) is 19.3 Å². The maximum Gasteiger partial charge on any atom is 0.264 e. The Hall–Kier alpha value is -1.69. The van der Waals surface area contributed by atoms with E-state index in [1.54, 1.807) is 35.7 Å². The molecule has 1 N–H and O–H groups in total. The zero-order valence-corrected chi connectivity index (χ0v) is 10.7. The largest absolute Gasteiger partial charge is 0.393 e. The van der Waals surface area contributed by atoms with Crippen molar-refractivity contribution in [1.29, 1.82) is 0 Å². The SMILES string of the molecule is CC(O)CCCCn1cnc2c(cnn2C)c1=O. The van der Waals surface area contributed by atoms with E-state index < -0.39 is 0 Å². The lowest BCUT2D eigenvalue weighted by molar-refractivity contribution is 0.180. The van der Waals surface area contributed by atoms with Crippen molar-refractivity contribution in [1.82, 2.24) is 19.3 Å². The van der Waals surface area contributed by atoms with Crippen LogP contribution in [0.5, 0.6) is 0 Å². The van der Waals surface area contributed by atoms with Crippen LogP contribution < -0.4 is 5.56 Å². The molecule has 0 amide bonds. The highest BCUT2D eigenvalue weighted by Gasteiger charge is 2.07. The van der Waals surface area contributed by atoms with Crippen molar-refractivity contribution in [3.05, 3.63) is 22.9 Å². The van der Waals surface area contributed by atoms with Crippen molar-refractivity contribution >= 4 is 11.0 Å². The van der Waals surface area contributed by atoms with Gasteiger partial charge in [0.15, 0.2) is 5.65 Å². The highest BCUT2D eigenvalue weighted by Crippen LogP contribution is 2.05. The second-order valence-corrected chi connectivity index (χ2v) is 4.59. The number of hydrogen-bond acceptors (Lipinski definition) is 4. The summed E-state index contributed by atoms with van der Waals surface area (Å²) in [5.41, 5.74) is 0.561. The van der Waals surface area contributed by atoms with E-state index in [9.17, 15) is 4.79 Å². The summed E-state index contributed by atoms with van der Waals surface area (Å²) in [6, 6.07) is 0. The van der Waals surface area contributed by atoms with Gasteiger partial charge in [-0.25, -0.2) is 4.98 Å². The Morgan fingerprint density at radius 1 is 1.44 bits per heavy atom. The third kappa shape index (κ3) is 2.59. The number of fused-ring (bicyclic) bond motifs is 1. The van der Waals surface area contributed by atoms with Crippen molar-refractivity contribution < 1.29 is 5.11 Å². The topological polar surface area (TPSA) is 72.9 Å². The van der Waals surface area contributed by atoms with Crippen LogP contribution in [0.15, 0.2) is 17.3 Å². The van der Waals surface area contributed by atoms with Crippen LogP contribution in [-0.4, -0.2) is 30.5 Å². The van der Waals surface area contributed by atoms with Crippen LogP contribution in [0.25, 0.3) is 11.0 Å². The summed E-state index contributed by atoms with van der Waals surface area (Å²) >= 11 is 0. The minimum Gasteiger partial charge on any atom is -0.393 e. The number of unbranched alkanes of at least 4 members (excludes halogenated alkanes) is 1. The molecule has 18 heavy (non-hydrogen) atoms. The van der Waals surface area contributed by atoms with E-state index in [1.807, 2.05) is 0 Å². The van der Waals surface area contributed by atoms with E-state index in [2.05, 4.69) is 10.1 Å². The van der Waals surface area contributed by atoms with Gasteiger partial charge in [-0.3, -0.25) is 14.0 Å². The third-order valence-electron chi connectivity index (χ3n) is 2.99. The quantitative estimate of drug-likeness (QED) is 0.792. The first-order chi connectivity index (χ1) is 8.59. The van der Waals surface area contributed by atoms with Gasteiger partial charge in [0.1, 0.15) is 5.39 Å². The smallest absolute Gasteiger partial charge is 0.264 e. The molecule has 0 saturated heterocycles. The van der Waals surface area contributed by atoms with E-state index in [1.165, 1.54) is 0 Å². The van der Waals surface area contributed by atoms with Crippen molar-refractivity contribution in [2.75, 3.05) is 0 Å². The fraction of sp³-hybridized carbons (Fsp3) is 0.583. The van der Waals surface area contributed by atoms with Crippen molar-refractivity contribution in [2.24, 2.45) is 7.05 Å². The van der Waals surface area contributed by atoms with Crippen LogP contribution in [-0.2, 0) is 13.6 Å². The highest BCUT2D eigenvalue weighted by atomic mass is 16.3. The monoisotopic (exact) mass is 250 g/mol. The highest BCUT2D eigenvalue weighted by molar-refractivity contribution is 5.72. The summed E-state index contributed by atoms with van der Waals surface area (Å²) in [6.45, 7) is 2.40. The summed E-state index contributed by atoms with van der Waals surface area (Å²) in [6.07, 6.45) is 5.36. The lowest BCUT2D eigenvalue weighted by atomic mass is 10.2. The molecule has 0 fully saturated rings. The number of aliphatic hydroxyl groups is 1. The van der Waals surface area contributed by atoms with Gasteiger partial charge in [-0.05, 0) is 26.2 Å². The molecular weight excluding hydrogens is 232 g/mol. The van der Waals surface area contributed by atoms with Crippen LogP contribution >= 0.6 is 0 Å². The predicted molar refractivity (Wildman–Crippen MR) is 68.3 cm³/mol. The summed E-state index contributed by atoms with van der Waals surface area (Å²) in [4.78, 5) is 16.3. The molecule has 0 radical (unpaired) electrons. The molecule has 2 aromatic heterocycles. The summed E-state index contributed by atoms with van der Waals surface area (Å²) < 4.78 is 3.20. The van der Waals surface area contributed by atoms with Gasteiger partial charge in [0.05, 0.1) is 18.6 Å². The molecule has 0 aromatic carbocycles. The Balaban J connectivity index is 2.10. The van der Waals surface area contributed by atoms with Crippen LogP contribution in [0.3, 0.4) is 0 Å². The lowest BCUT2D eigenvalue weighted by Crippen LogP contribution is -2.20. The average Bonchev–Trinajstić information content (AvgIpc) is 2.70. The maximum atomic E-state index is 12.1. The molecule has 1 unspecified atom stereocenters. The average molecular weight is 250 g/mol. The van der Waals surface area contributed by atoms with Crippen molar-refractivity contribution in [3.63, 3.8) is 0 Å².